The lowest BCUT2D eigenvalue weighted by Gasteiger charge is -2.26. The van der Waals surface area contributed by atoms with Crippen molar-refractivity contribution in [3.63, 3.8) is 0 Å². The second-order valence-electron chi connectivity index (χ2n) is 10.1. The molecule has 4 N–H and O–H groups in total. The van der Waals surface area contributed by atoms with Crippen molar-refractivity contribution < 1.29 is 14.3 Å². The molecule has 41 heavy (non-hydrogen) atoms. The Labute approximate surface area is 241 Å². The maximum absolute atomic E-state index is 12.3. The van der Waals surface area contributed by atoms with Crippen LogP contribution in [-0.4, -0.2) is 74.9 Å². The summed E-state index contributed by atoms with van der Waals surface area (Å²) in [5, 5.41) is 18.1. The van der Waals surface area contributed by atoms with Gasteiger partial charge < -0.3 is 40.6 Å². The van der Waals surface area contributed by atoms with E-state index in [4.69, 9.17) is 14.9 Å². The van der Waals surface area contributed by atoms with Crippen molar-refractivity contribution in [3.05, 3.63) is 60.8 Å². The fraction of sp³-hybridized carbons (Fsp3) is 0.333. The third-order valence-corrected chi connectivity index (χ3v) is 6.72. The second kappa shape index (κ2) is 13.1. The first-order chi connectivity index (χ1) is 19.7. The molecule has 0 spiro atoms. The molecule has 1 aliphatic rings. The smallest absolute Gasteiger partial charge is 0.247 e. The van der Waals surface area contributed by atoms with Crippen LogP contribution in [0, 0.1) is 11.3 Å². The van der Waals surface area contributed by atoms with E-state index in [0.29, 0.717) is 40.4 Å². The molecule has 2 aromatic carbocycles. The summed E-state index contributed by atoms with van der Waals surface area (Å²) >= 11 is 0. The maximum Gasteiger partial charge on any atom is 0.247 e. The Hall–Kier alpha value is -4.64. The molecule has 4 rings (SSSR count). The number of carbonyl (C=O) groups excluding carboxylic acids is 1. The van der Waals surface area contributed by atoms with Crippen LogP contribution in [0.2, 0.25) is 0 Å². The van der Waals surface area contributed by atoms with E-state index in [0.717, 1.165) is 42.9 Å². The Morgan fingerprint density at radius 1 is 1.05 bits per heavy atom. The second-order valence-corrected chi connectivity index (χ2v) is 10.1. The highest BCUT2D eigenvalue weighted by Gasteiger charge is 2.29. The predicted octanol–water partition coefficient (Wildman–Crippen LogP) is 4.88. The molecule has 216 valence electrons. The zero-order valence-corrected chi connectivity index (χ0v) is 24.2. The molecule has 0 unspecified atom stereocenters. The molecule has 1 aliphatic carbocycles. The monoisotopic (exact) mass is 558 g/mol. The zero-order valence-electron chi connectivity index (χ0n) is 24.2. The van der Waals surface area contributed by atoms with Gasteiger partial charge in [0.05, 0.1) is 31.3 Å². The lowest BCUT2D eigenvalue weighted by molar-refractivity contribution is -0.111. The van der Waals surface area contributed by atoms with Crippen LogP contribution in [0.15, 0.2) is 55.3 Å². The van der Waals surface area contributed by atoms with Crippen LogP contribution >= 0.6 is 0 Å². The number of methoxy groups -OCH3 is 2. The molecule has 1 amide bonds. The molecule has 11 nitrogen and oxygen atoms in total. The van der Waals surface area contributed by atoms with Crippen molar-refractivity contribution in [1.82, 2.24) is 14.9 Å². The summed E-state index contributed by atoms with van der Waals surface area (Å²) in [6.07, 6.45) is 4.93. The van der Waals surface area contributed by atoms with Gasteiger partial charge in [-0.25, -0.2) is 4.98 Å². The van der Waals surface area contributed by atoms with E-state index < -0.39 is 0 Å². The third kappa shape index (κ3) is 7.52. The van der Waals surface area contributed by atoms with E-state index >= 15 is 0 Å². The van der Waals surface area contributed by atoms with Gasteiger partial charge in [-0.3, -0.25) is 4.79 Å². The number of rotatable bonds is 14. The van der Waals surface area contributed by atoms with Gasteiger partial charge in [0.1, 0.15) is 17.3 Å². The van der Waals surface area contributed by atoms with Gasteiger partial charge in [-0.15, -0.1) is 0 Å². The summed E-state index contributed by atoms with van der Waals surface area (Å²) in [6, 6.07) is 11.0. The number of nitrogens with one attached hydrogen (secondary N) is 4. The number of amides is 1. The van der Waals surface area contributed by atoms with Crippen molar-refractivity contribution in [2.45, 2.75) is 12.8 Å². The van der Waals surface area contributed by atoms with Gasteiger partial charge >= 0.3 is 0 Å². The van der Waals surface area contributed by atoms with Crippen LogP contribution in [0.25, 0.3) is 0 Å². The largest absolute Gasteiger partial charge is 0.497 e. The fourth-order valence-corrected chi connectivity index (χ4v) is 4.23. The van der Waals surface area contributed by atoms with E-state index in [2.05, 4.69) is 42.3 Å². The molecule has 3 aromatic rings. The highest BCUT2D eigenvalue weighted by Crippen LogP contribution is 2.39. The van der Waals surface area contributed by atoms with Crippen LogP contribution in [0.1, 0.15) is 18.4 Å². The van der Waals surface area contributed by atoms with Gasteiger partial charge in [0.2, 0.25) is 11.9 Å². The molecule has 0 atom stereocenters. The van der Waals surface area contributed by atoms with E-state index in [9.17, 15) is 4.79 Å². The van der Waals surface area contributed by atoms with Gasteiger partial charge in [-0.05, 0) is 63.3 Å². The summed E-state index contributed by atoms with van der Waals surface area (Å²) in [4.78, 5) is 25.4. The molecule has 1 heterocycles. The summed E-state index contributed by atoms with van der Waals surface area (Å²) in [7, 11) is 9.19. The summed E-state index contributed by atoms with van der Waals surface area (Å²) in [5.41, 5.74) is 4.12. The molecular formula is C30H38N8O3. The first-order valence-corrected chi connectivity index (χ1v) is 13.4. The van der Waals surface area contributed by atoms with Crippen LogP contribution < -0.4 is 30.3 Å². The van der Waals surface area contributed by atoms with E-state index in [1.807, 2.05) is 45.4 Å². The van der Waals surface area contributed by atoms with Gasteiger partial charge in [0.15, 0.2) is 0 Å². The van der Waals surface area contributed by atoms with Crippen molar-refractivity contribution >= 4 is 46.1 Å². The lowest BCUT2D eigenvalue weighted by atomic mass is 10.0. The molecule has 0 aliphatic heterocycles. The van der Waals surface area contributed by atoms with E-state index in [1.165, 1.54) is 6.08 Å². The SMILES string of the molecule is C=CC(=O)Nc1cc(Nc2nccc(Nc3ccc(OC)cc3C(=N)C3CC3)n2)c(OC)cc1N(C)CCN(C)C. The molecule has 1 fully saturated rings. The van der Waals surface area contributed by atoms with Gasteiger partial charge in [0.25, 0.3) is 0 Å². The molecule has 11 heteroatoms. The summed E-state index contributed by atoms with van der Waals surface area (Å²) in [6.45, 7) is 5.15. The van der Waals surface area contributed by atoms with Crippen molar-refractivity contribution in [1.29, 1.82) is 5.41 Å². The van der Waals surface area contributed by atoms with Gasteiger partial charge in [-0.2, -0.15) is 4.98 Å². The topological polar surface area (TPSA) is 128 Å². The average molecular weight is 559 g/mol. The first-order valence-electron chi connectivity index (χ1n) is 13.4. The molecule has 1 aromatic heterocycles. The van der Waals surface area contributed by atoms with Crippen molar-refractivity contribution in [3.8, 4) is 11.5 Å². The third-order valence-electron chi connectivity index (χ3n) is 6.72. The molecule has 0 bridgehead atoms. The summed E-state index contributed by atoms with van der Waals surface area (Å²) in [5.74, 6) is 2.09. The van der Waals surface area contributed by atoms with Gasteiger partial charge in [0, 0.05) is 55.3 Å². The number of ether oxygens (including phenoxy) is 2. The number of hydrogen-bond acceptors (Lipinski definition) is 10. The van der Waals surface area contributed by atoms with Crippen molar-refractivity contribution in [2.24, 2.45) is 5.92 Å². The minimum Gasteiger partial charge on any atom is -0.497 e. The average Bonchev–Trinajstić information content (AvgIpc) is 3.82. The minimum atomic E-state index is -0.321. The first kappa shape index (κ1) is 29.3. The Balaban J connectivity index is 1.62. The Morgan fingerprint density at radius 2 is 1.83 bits per heavy atom. The molecule has 0 radical (unpaired) electrons. The van der Waals surface area contributed by atoms with Crippen LogP contribution in [-0.2, 0) is 4.79 Å². The van der Waals surface area contributed by atoms with E-state index in [-0.39, 0.29) is 11.8 Å². The number of nitrogens with zero attached hydrogens (tertiary/aromatic N) is 4. The molecular weight excluding hydrogens is 520 g/mol. The van der Waals surface area contributed by atoms with E-state index in [1.54, 1.807) is 32.5 Å². The Morgan fingerprint density at radius 3 is 2.49 bits per heavy atom. The summed E-state index contributed by atoms with van der Waals surface area (Å²) < 4.78 is 11.1. The Kier molecular flexibility index (Phi) is 9.41. The number of benzene rings is 2. The highest BCUT2D eigenvalue weighted by molar-refractivity contribution is 6.06. The molecule has 0 saturated heterocycles. The lowest BCUT2D eigenvalue weighted by Crippen LogP contribution is -2.29. The molecule has 1 saturated carbocycles. The Bertz CT molecular complexity index is 1420. The number of likely N-dealkylation sites (N-methyl/N-ethyl adjacent to an activating group) is 2. The normalized spacial score (nSPS) is 12.4. The quantitative estimate of drug-likeness (QED) is 0.162. The van der Waals surface area contributed by atoms with Crippen LogP contribution in [0.3, 0.4) is 0 Å². The van der Waals surface area contributed by atoms with Gasteiger partial charge in [-0.1, -0.05) is 6.58 Å². The minimum absolute atomic E-state index is 0.276. The van der Waals surface area contributed by atoms with Crippen molar-refractivity contribution in [2.75, 3.05) is 69.3 Å². The standard InChI is InChI=1S/C30H38N8O3/c1-7-28(39)34-23-17-24(26(41-6)18-25(23)38(4)15-14-37(2)3)35-30-32-13-12-27(36-30)33-22-11-10-20(40-5)16-21(22)29(31)19-8-9-19/h7,10-13,16-19,31H,1,8-9,14-15H2,2-6H3,(H,34,39)(H2,32,33,35,36). The fourth-order valence-electron chi connectivity index (χ4n) is 4.23. The number of carbonyl (C=O) groups is 1. The van der Waals surface area contributed by atoms with Crippen LogP contribution in [0.4, 0.5) is 34.5 Å². The number of aromatic nitrogens is 2. The van der Waals surface area contributed by atoms with Crippen LogP contribution in [0.5, 0.6) is 11.5 Å². The number of anilines is 6. The maximum atomic E-state index is 12.3. The number of hydrogen-bond donors (Lipinski definition) is 4. The zero-order chi connectivity index (χ0) is 29.5. The highest BCUT2D eigenvalue weighted by atomic mass is 16.5. The predicted molar refractivity (Wildman–Crippen MR) is 165 cm³/mol.